The molecule has 0 radical (unpaired) electrons. The number of hydrogen-bond donors (Lipinski definition) is 1. The summed E-state index contributed by atoms with van der Waals surface area (Å²) in [6, 6.07) is 24.5. The van der Waals surface area contributed by atoms with E-state index in [1.54, 1.807) is 6.07 Å². The molecule has 0 aliphatic rings. The Bertz CT molecular complexity index is 639. The molecule has 2 nitrogen and oxygen atoms in total. The zero-order chi connectivity index (χ0) is 14.5. The Kier molecular flexibility index (Phi) is 4.39. The maximum atomic E-state index is 5.82. The Hall–Kier alpha value is -2.03. The monoisotopic (exact) mass is 297 g/mol. The number of benzene rings is 2. The van der Waals surface area contributed by atoms with Crippen LogP contribution in [0.3, 0.4) is 0 Å². The van der Waals surface area contributed by atoms with Gasteiger partial charge in [-0.2, -0.15) is 0 Å². The molecule has 1 N–H and O–H groups in total. The van der Waals surface area contributed by atoms with Crippen LogP contribution in [0.2, 0.25) is 5.22 Å². The van der Waals surface area contributed by atoms with Crippen LogP contribution in [0.5, 0.6) is 0 Å². The molecule has 0 bridgehead atoms. The van der Waals surface area contributed by atoms with Gasteiger partial charge < -0.3 is 4.42 Å². The van der Waals surface area contributed by atoms with Crippen molar-refractivity contribution in [2.75, 3.05) is 0 Å². The number of halogens is 1. The lowest BCUT2D eigenvalue weighted by atomic mass is 9.99. The van der Waals surface area contributed by atoms with Crippen LogP contribution < -0.4 is 5.32 Å². The molecule has 0 aliphatic heterocycles. The van der Waals surface area contributed by atoms with E-state index < -0.39 is 0 Å². The molecular weight excluding hydrogens is 282 g/mol. The van der Waals surface area contributed by atoms with Gasteiger partial charge in [0.2, 0.25) is 0 Å². The van der Waals surface area contributed by atoms with E-state index in [1.165, 1.54) is 11.1 Å². The fourth-order valence-electron chi connectivity index (χ4n) is 2.37. The van der Waals surface area contributed by atoms with Crippen LogP contribution in [0.4, 0.5) is 0 Å². The van der Waals surface area contributed by atoms with E-state index in [2.05, 4.69) is 53.8 Å². The summed E-state index contributed by atoms with van der Waals surface area (Å²) >= 11 is 5.82. The molecule has 0 spiro atoms. The second-order valence-electron chi connectivity index (χ2n) is 4.84. The zero-order valence-electron chi connectivity index (χ0n) is 11.5. The van der Waals surface area contributed by atoms with Crippen molar-refractivity contribution < 1.29 is 4.42 Å². The Labute approximate surface area is 129 Å². The molecule has 3 aromatic rings. The van der Waals surface area contributed by atoms with Gasteiger partial charge in [-0.25, -0.2) is 0 Å². The van der Waals surface area contributed by atoms with Crippen molar-refractivity contribution >= 4 is 11.6 Å². The van der Waals surface area contributed by atoms with E-state index in [0.717, 1.165) is 5.76 Å². The molecule has 0 saturated carbocycles. The van der Waals surface area contributed by atoms with E-state index in [4.69, 9.17) is 16.0 Å². The van der Waals surface area contributed by atoms with E-state index >= 15 is 0 Å². The van der Waals surface area contributed by atoms with Gasteiger partial charge in [0.15, 0.2) is 5.22 Å². The maximum absolute atomic E-state index is 5.82. The van der Waals surface area contributed by atoms with Gasteiger partial charge in [0.1, 0.15) is 5.76 Å². The molecule has 1 heterocycles. The number of hydrogen-bond acceptors (Lipinski definition) is 2. The number of rotatable bonds is 5. The van der Waals surface area contributed by atoms with Gasteiger partial charge in [0.25, 0.3) is 0 Å². The normalized spacial score (nSPS) is 11.0. The fourth-order valence-corrected chi connectivity index (χ4v) is 2.53. The third kappa shape index (κ3) is 3.54. The topological polar surface area (TPSA) is 25.2 Å². The minimum absolute atomic E-state index is 0.122. The highest BCUT2D eigenvalue weighted by Crippen LogP contribution is 2.23. The summed E-state index contributed by atoms with van der Waals surface area (Å²) < 4.78 is 5.41. The van der Waals surface area contributed by atoms with Crippen molar-refractivity contribution in [1.29, 1.82) is 0 Å². The third-order valence-corrected chi connectivity index (χ3v) is 3.58. The van der Waals surface area contributed by atoms with Crippen molar-refractivity contribution in [1.82, 2.24) is 5.32 Å². The summed E-state index contributed by atoms with van der Waals surface area (Å²) in [5, 5.41) is 3.95. The molecule has 1 aromatic heterocycles. The first kappa shape index (κ1) is 13.9. The Morgan fingerprint density at radius 1 is 0.810 bits per heavy atom. The predicted molar refractivity (Wildman–Crippen MR) is 85.3 cm³/mol. The second kappa shape index (κ2) is 6.61. The standard InChI is InChI=1S/C18H16ClNO/c19-17-12-11-16(21-17)13-20-18(14-7-3-1-4-8-14)15-9-5-2-6-10-15/h1-12,18,20H,13H2. The first-order valence-electron chi connectivity index (χ1n) is 6.90. The summed E-state index contributed by atoms with van der Waals surface area (Å²) in [6.07, 6.45) is 0. The van der Waals surface area contributed by atoms with Gasteiger partial charge in [-0.05, 0) is 34.9 Å². The highest BCUT2D eigenvalue weighted by Gasteiger charge is 2.13. The Morgan fingerprint density at radius 3 is 1.86 bits per heavy atom. The van der Waals surface area contributed by atoms with Crippen molar-refractivity contribution in [3.05, 3.63) is 94.9 Å². The first-order chi connectivity index (χ1) is 10.3. The Morgan fingerprint density at radius 2 is 1.38 bits per heavy atom. The van der Waals surface area contributed by atoms with Gasteiger partial charge >= 0.3 is 0 Å². The van der Waals surface area contributed by atoms with E-state index in [-0.39, 0.29) is 6.04 Å². The molecule has 0 aliphatic carbocycles. The van der Waals surface area contributed by atoms with Crippen LogP contribution in [-0.2, 0) is 6.54 Å². The molecule has 0 fully saturated rings. The summed E-state index contributed by atoms with van der Waals surface area (Å²) in [6.45, 7) is 0.626. The number of nitrogens with one attached hydrogen (secondary N) is 1. The van der Waals surface area contributed by atoms with Crippen LogP contribution >= 0.6 is 11.6 Å². The zero-order valence-corrected chi connectivity index (χ0v) is 12.3. The number of furan rings is 1. The van der Waals surface area contributed by atoms with E-state index in [9.17, 15) is 0 Å². The maximum Gasteiger partial charge on any atom is 0.193 e. The van der Waals surface area contributed by atoms with Gasteiger partial charge in [-0.15, -0.1) is 0 Å². The van der Waals surface area contributed by atoms with Gasteiger partial charge in [-0.3, -0.25) is 5.32 Å². The average Bonchev–Trinajstić information content (AvgIpc) is 2.95. The molecule has 21 heavy (non-hydrogen) atoms. The summed E-state index contributed by atoms with van der Waals surface area (Å²) in [7, 11) is 0. The summed E-state index contributed by atoms with van der Waals surface area (Å²) in [5.41, 5.74) is 2.45. The fraction of sp³-hybridized carbons (Fsp3) is 0.111. The summed E-state index contributed by atoms with van der Waals surface area (Å²) in [4.78, 5) is 0. The van der Waals surface area contributed by atoms with Crippen LogP contribution in [0, 0.1) is 0 Å². The lowest BCUT2D eigenvalue weighted by Crippen LogP contribution is -2.21. The molecule has 3 rings (SSSR count). The second-order valence-corrected chi connectivity index (χ2v) is 5.21. The van der Waals surface area contributed by atoms with Crippen molar-refractivity contribution in [3.8, 4) is 0 Å². The summed E-state index contributed by atoms with van der Waals surface area (Å²) in [5.74, 6) is 0.830. The SMILES string of the molecule is Clc1ccc(CNC(c2ccccc2)c2ccccc2)o1. The molecule has 0 saturated heterocycles. The highest BCUT2D eigenvalue weighted by molar-refractivity contribution is 6.28. The molecule has 3 heteroatoms. The average molecular weight is 298 g/mol. The lowest BCUT2D eigenvalue weighted by molar-refractivity contribution is 0.469. The van der Waals surface area contributed by atoms with E-state index in [0.29, 0.717) is 11.8 Å². The lowest BCUT2D eigenvalue weighted by Gasteiger charge is -2.19. The molecule has 106 valence electrons. The predicted octanol–water partition coefficient (Wildman–Crippen LogP) is 4.81. The van der Waals surface area contributed by atoms with Gasteiger partial charge in [0, 0.05) is 0 Å². The van der Waals surface area contributed by atoms with Crippen molar-refractivity contribution in [2.45, 2.75) is 12.6 Å². The first-order valence-corrected chi connectivity index (χ1v) is 7.28. The Balaban J connectivity index is 1.83. The third-order valence-electron chi connectivity index (χ3n) is 3.38. The van der Waals surface area contributed by atoms with E-state index in [1.807, 2.05) is 18.2 Å². The highest BCUT2D eigenvalue weighted by atomic mass is 35.5. The van der Waals surface area contributed by atoms with Gasteiger partial charge in [0.05, 0.1) is 12.6 Å². The van der Waals surface area contributed by atoms with Crippen LogP contribution in [0.25, 0.3) is 0 Å². The molecule has 2 aromatic carbocycles. The smallest absolute Gasteiger partial charge is 0.193 e. The van der Waals surface area contributed by atoms with Crippen LogP contribution in [-0.4, -0.2) is 0 Å². The largest absolute Gasteiger partial charge is 0.448 e. The minimum atomic E-state index is 0.122. The minimum Gasteiger partial charge on any atom is -0.448 e. The molecule has 0 unspecified atom stereocenters. The van der Waals surface area contributed by atoms with Crippen molar-refractivity contribution in [2.24, 2.45) is 0 Å². The van der Waals surface area contributed by atoms with Crippen molar-refractivity contribution in [3.63, 3.8) is 0 Å². The quantitative estimate of drug-likeness (QED) is 0.731. The van der Waals surface area contributed by atoms with Gasteiger partial charge in [-0.1, -0.05) is 60.7 Å². The van der Waals surface area contributed by atoms with Crippen LogP contribution in [0.15, 0.2) is 77.2 Å². The van der Waals surface area contributed by atoms with Crippen LogP contribution in [0.1, 0.15) is 22.9 Å². The molecule has 0 amide bonds. The molecule has 0 atom stereocenters. The molecular formula is C18H16ClNO.